The fourth-order valence-electron chi connectivity index (χ4n) is 3.95. The Hall–Kier alpha value is -2.82. The Labute approximate surface area is 166 Å². The highest BCUT2D eigenvalue weighted by Crippen LogP contribution is 2.23. The highest BCUT2D eigenvalue weighted by atomic mass is 16.2. The molecule has 1 aromatic carbocycles. The molecule has 1 amide bonds. The Morgan fingerprint density at radius 1 is 1.07 bits per heavy atom. The van der Waals surface area contributed by atoms with E-state index in [2.05, 4.69) is 34.3 Å². The molecule has 1 N–H and O–H groups in total. The average molecular weight is 377 g/mol. The number of nitrogens with one attached hydrogen (secondary N) is 1. The zero-order valence-electron chi connectivity index (χ0n) is 16.7. The van der Waals surface area contributed by atoms with Crippen LogP contribution in [-0.2, 0) is 6.42 Å². The summed E-state index contributed by atoms with van der Waals surface area (Å²) in [5, 5.41) is 3.07. The van der Waals surface area contributed by atoms with Gasteiger partial charge in [0, 0.05) is 30.7 Å². The number of hydrogen-bond acceptors (Lipinski definition) is 3. The molecule has 0 aliphatic carbocycles. The van der Waals surface area contributed by atoms with Gasteiger partial charge in [-0.3, -0.25) is 9.20 Å². The maximum Gasteiger partial charge on any atom is 0.274 e. The molecule has 4 rings (SSSR count). The zero-order chi connectivity index (χ0) is 19.5. The van der Waals surface area contributed by atoms with Crippen LogP contribution in [-0.4, -0.2) is 28.4 Å². The third-order valence-electron chi connectivity index (χ3n) is 5.39. The molecule has 0 unspecified atom stereocenters. The number of fused-ring (bicyclic) bond motifs is 1. The lowest BCUT2D eigenvalue weighted by molar-refractivity contribution is 0.102. The molecule has 0 spiro atoms. The van der Waals surface area contributed by atoms with Crippen molar-refractivity contribution in [2.45, 2.75) is 46.0 Å². The maximum atomic E-state index is 13.1. The van der Waals surface area contributed by atoms with E-state index in [4.69, 9.17) is 0 Å². The molecule has 146 valence electrons. The Balaban J connectivity index is 1.57. The first kappa shape index (κ1) is 18.5. The van der Waals surface area contributed by atoms with E-state index >= 15 is 0 Å². The van der Waals surface area contributed by atoms with Crippen LogP contribution in [0.4, 0.5) is 11.4 Å². The van der Waals surface area contributed by atoms with Crippen molar-refractivity contribution in [3.63, 3.8) is 0 Å². The number of imidazole rings is 1. The van der Waals surface area contributed by atoms with Crippen molar-refractivity contribution in [1.82, 2.24) is 9.38 Å². The number of carbonyl (C=O) groups is 1. The summed E-state index contributed by atoms with van der Waals surface area (Å²) in [5.41, 5.74) is 5.47. The second kappa shape index (κ2) is 8.05. The van der Waals surface area contributed by atoms with Crippen LogP contribution in [0, 0.1) is 6.92 Å². The van der Waals surface area contributed by atoms with Crippen LogP contribution in [0.2, 0.25) is 0 Å². The Bertz CT molecular complexity index is 968. The smallest absolute Gasteiger partial charge is 0.274 e. The Morgan fingerprint density at radius 2 is 1.82 bits per heavy atom. The maximum absolute atomic E-state index is 13.1. The van der Waals surface area contributed by atoms with Crippen molar-refractivity contribution in [3.8, 4) is 0 Å². The predicted octanol–water partition coefficient (Wildman–Crippen LogP) is 4.84. The molecule has 0 atom stereocenters. The number of rotatable bonds is 5. The van der Waals surface area contributed by atoms with Crippen LogP contribution >= 0.6 is 0 Å². The second-order valence-electron chi connectivity index (χ2n) is 7.64. The molecular weight excluding hydrogens is 348 g/mol. The summed E-state index contributed by atoms with van der Waals surface area (Å²) >= 11 is 0. The van der Waals surface area contributed by atoms with Gasteiger partial charge in [0.05, 0.1) is 5.69 Å². The summed E-state index contributed by atoms with van der Waals surface area (Å²) in [4.78, 5) is 20.2. The lowest BCUT2D eigenvalue weighted by Gasteiger charge is -2.28. The summed E-state index contributed by atoms with van der Waals surface area (Å²) in [6, 6.07) is 12.2. The van der Waals surface area contributed by atoms with E-state index in [1.54, 1.807) is 0 Å². The van der Waals surface area contributed by atoms with Crippen molar-refractivity contribution in [1.29, 1.82) is 0 Å². The SMILES string of the molecule is CCCc1nc2ccc(C)cn2c1C(=O)Nc1ccc(N2CCCCC2)cc1. The van der Waals surface area contributed by atoms with Crippen LogP contribution < -0.4 is 10.2 Å². The van der Waals surface area contributed by atoms with E-state index in [0.717, 1.165) is 48.5 Å². The van der Waals surface area contributed by atoms with Crippen molar-refractivity contribution in [2.24, 2.45) is 0 Å². The van der Waals surface area contributed by atoms with Gasteiger partial charge in [-0.15, -0.1) is 0 Å². The van der Waals surface area contributed by atoms with Gasteiger partial charge in [0.25, 0.3) is 5.91 Å². The fourth-order valence-corrected chi connectivity index (χ4v) is 3.95. The molecule has 1 aliphatic heterocycles. The van der Waals surface area contributed by atoms with Gasteiger partial charge < -0.3 is 10.2 Å². The highest BCUT2D eigenvalue weighted by Gasteiger charge is 2.19. The van der Waals surface area contributed by atoms with E-state index in [1.165, 1.54) is 24.9 Å². The molecule has 0 radical (unpaired) electrons. The Morgan fingerprint density at radius 3 is 2.54 bits per heavy atom. The molecule has 1 fully saturated rings. The third-order valence-corrected chi connectivity index (χ3v) is 5.39. The van der Waals surface area contributed by atoms with Crippen molar-refractivity contribution >= 4 is 22.9 Å². The van der Waals surface area contributed by atoms with Gasteiger partial charge in [0.15, 0.2) is 0 Å². The fraction of sp³-hybridized carbons (Fsp3) is 0.391. The first-order valence-corrected chi connectivity index (χ1v) is 10.3. The lowest BCUT2D eigenvalue weighted by Crippen LogP contribution is -2.29. The van der Waals surface area contributed by atoms with Crippen LogP contribution in [0.1, 0.15) is 54.4 Å². The largest absolute Gasteiger partial charge is 0.372 e. The van der Waals surface area contributed by atoms with Gasteiger partial charge in [-0.2, -0.15) is 0 Å². The zero-order valence-corrected chi connectivity index (χ0v) is 16.7. The molecule has 5 nitrogen and oxygen atoms in total. The quantitative estimate of drug-likeness (QED) is 0.693. The van der Waals surface area contributed by atoms with Crippen LogP contribution in [0.5, 0.6) is 0 Å². The molecule has 0 bridgehead atoms. The van der Waals surface area contributed by atoms with E-state index in [0.29, 0.717) is 5.69 Å². The van der Waals surface area contributed by atoms with E-state index < -0.39 is 0 Å². The number of aromatic nitrogens is 2. The van der Waals surface area contributed by atoms with Gasteiger partial charge >= 0.3 is 0 Å². The van der Waals surface area contributed by atoms with Gasteiger partial charge in [-0.1, -0.05) is 19.4 Å². The number of piperidine rings is 1. The summed E-state index contributed by atoms with van der Waals surface area (Å²) in [6.07, 6.45) is 7.56. The monoisotopic (exact) mass is 376 g/mol. The first-order chi connectivity index (χ1) is 13.7. The minimum Gasteiger partial charge on any atom is -0.372 e. The van der Waals surface area contributed by atoms with Crippen molar-refractivity contribution < 1.29 is 4.79 Å². The van der Waals surface area contributed by atoms with Crippen LogP contribution in [0.3, 0.4) is 0 Å². The normalized spacial score (nSPS) is 14.4. The summed E-state index contributed by atoms with van der Waals surface area (Å²) in [6.45, 7) is 6.37. The standard InChI is InChI=1S/C23H28N4O/c1-3-7-20-22(27-16-17(2)8-13-21(27)25-20)23(28)24-18-9-11-19(12-10-18)26-14-5-4-6-15-26/h8-13,16H,3-7,14-15H2,1-2H3,(H,24,28). The number of amides is 1. The number of nitrogens with zero attached hydrogens (tertiary/aromatic N) is 3. The summed E-state index contributed by atoms with van der Waals surface area (Å²) in [5.74, 6) is -0.104. The van der Waals surface area contributed by atoms with Gasteiger partial charge in [-0.05, 0) is 68.5 Å². The lowest BCUT2D eigenvalue weighted by atomic mass is 10.1. The van der Waals surface area contributed by atoms with Crippen LogP contribution in [0.25, 0.3) is 5.65 Å². The van der Waals surface area contributed by atoms with Gasteiger partial charge in [-0.25, -0.2) is 4.98 Å². The molecule has 0 saturated carbocycles. The molecule has 5 heteroatoms. The number of benzene rings is 1. The van der Waals surface area contributed by atoms with E-state index in [9.17, 15) is 4.79 Å². The predicted molar refractivity (Wildman–Crippen MR) is 114 cm³/mol. The number of carbonyl (C=O) groups excluding carboxylic acids is 1. The molecule has 3 heterocycles. The number of pyridine rings is 1. The minimum absolute atomic E-state index is 0.104. The number of aryl methyl sites for hydroxylation is 2. The molecule has 1 aliphatic rings. The first-order valence-electron chi connectivity index (χ1n) is 10.3. The average Bonchev–Trinajstić information content (AvgIpc) is 3.06. The topological polar surface area (TPSA) is 49.6 Å². The molecule has 28 heavy (non-hydrogen) atoms. The minimum atomic E-state index is -0.104. The summed E-state index contributed by atoms with van der Waals surface area (Å²) < 4.78 is 1.91. The second-order valence-corrected chi connectivity index (χ2v) is 7.64. The molecule has 2 aromatic heterocycles. The van der Waals surface area contributed by atoms with Crippen LogP contribution in [0.15, 0.2) is 42.6 Å². The van der Waals surface area contributed by atoms with Crippen molar-refractivity contribution in [3.05, 3.63) is 59.5 Å². The third kappa shape index (κ3) is 3.75. The number of hydrogen-bond donors (Lipinski definition) is 1. The van der Waals surface area contributed by atoms with E-state index in [-0.39, 0.29) is 5.91 Å². The van der Waals surface area contributed by atoms with Crippen molar-refractivity contribution in [2.75, 3.05) is 23.3 Å². The molecule has 3 aromatic rings. The molecular formula is C23H28N4O. The number of anilines is 2. The van der Waals surface area contributed by atoms with Gasteiger partial charge in [0.2, 0.25) is 0 Å². The van der Waals surface area contributed by atoms with Gasteiger partial charge in [0.1, 0.15) is 11.3 Å². The molecule has 1 saturated heterocycles. The van der Waals surface area contributed by atoms with E-state index in [1.807, 2.05) is 41.8 Å². The Kier molecular flexibility index (Phi) is 5.33. The highest BCUT2D eigenvalue weighted by molar-refractivity contribution is 6.04. The summed E-state index contributed by atoms with van der Waals surface area (Å²) in [7, 11) is 0.